The van der Waals surface area contributed by atoms with Crippen molar-refractivity contribution in [2.75, 3.05) is 46.3 Å². The van der Waals surface area contributed by atoms with Crippen LogP contribution in [0.2, 0.25) is 5.02 Å². The lowest BCUT2D eigenvalue weighted by Gasteiger charge is -2.51. The predicted molar refractivity (Wildman–Crippen MR) is 156 cm³/mol. The molecular formula is C31H43ClN4O3. The molecule has 7 nitrogen and oxygen atoms in total. The summed E-state index contributed by atoms with van der Waals surface area (Å²) in [5.41, 5.74) is 1.75. The highest BCUT2D eigenvalue weighted by Crippen LogP contribution is 2.33. The zero-order valence-electron chi connectivity index (χ0n) is 23.8. The van der Waals surface area contributed by atoms with Gasteiger partial charge in [0.15, 0.2) is 0 Å². The van der Waals surface area contributed by atoms with Gasteiger partial charge in [-0.25, -0.2) is 4.79 Å². The number of piperidine rings is 1. The van der Waals surface area contributed by atoms with Gasteiger partial charge in [-0.3, -0.25) is 9.69 Å². The number of ether oxygens (including phenoxy) is 1. The first-order chi connectivity index (χ1) is 18.5. The Hall–Kier alpha value is -2.61. The highest BCUT2D eigenvalue weighted by Gasteiger charge is 2.41. The fraction of sp³-hybridized carbons (Fsp3) is 0.548. The Morgan fingerprint density at radius 1 is 0.923 bits per heavy atom. The van der Waals surface area contributed by atoms with Gasteiger partial charge in [0.1, 0.15) is 11.6 Å². The summed E-state index contributed by atoms with van der Waals surface area (Å²) in [5, 5.41) is 3.48. The normalized spacial score (nSPS) is 19.4. The summed E-state index contributed by atoms with van der Waals surface area (Å²) in [5.74, 6) is -0.0732. The lowest BCUT2D eigenvalue weighted by molar-refractivity contribution is -0.136. The van der Waals surface area contributed by atoms with E-state index in [2.05, 4.69) is 52.5 Å². The molecule has 1 atom stereocenters. The summed E-state index contributed by atoms with van der Waals surface area (Å²) in [6.45, 7) is 10.5. The molecule has 39 heavy (non-hydrogen) atoms. The molecule has 2 aliphatic heterocycles. The minimum Gasteiger partial charge on any atom is -0.444 e. The number of nitrogens with one attached hydrogen (secondary N) is 1. The van der Waals surface area contributed by atoms with Crippen molar-refractivity contribution < 1.29 is 14.3 Å². The summed E-state index contributed by atoms with van der Waals surface area (Å²) in [4.78, 5) is 33.4. The number of likely N-dealkylation sites (tertiary alicyclic amines) is 1. The van der Waals surface area contributed by atoms with E-state index in [-0.39, 0.29) is 11.4 Å². The van der Waals surface area contributed by atoms with Gasteiger partial charge in [0, 0.05) is 43.2 Å². The Labute approximate surface area is 238 Å². The van der Waals surface area contributed by atoms with Crippen LogP contribution >= 0.6 is 11.6 Å². The number of hydrogen-bond acceptors (Lipinski definition) is 5. The number of nitrogens with zero attached hydrogens (tertiary/aromatic N) is 3. The van der Waals surface area contributed by atoms with Crippen LogP contribution in [0.5, 0.6) is 0 Å². The summed E-state index contributed by atoms with van der Waals surface area (Å²) in [7, 11) is 2.20. The minimum absolute atomic E-state index is 0.0732. The van der Waals surface area contributed by atoms with E-state index in [1.165, 1.54) is 5.56 Å². The van der Waals surface area contributed by atoms with E-state index in [9.17, 15) is 9.59 Å². The van der Waals surface area contributed by atoms with Crippen LogP contribution in [0.25, 0.3) is 0 Å². The third-order valence-corrected chi connectivity index (χ3v) is 8.15. The lowest BCUT2D eigenvalue weighted by Crippen LogP contribution is -2.63. The Morgan fingerprint density at radius 3 is 2.13 bits per heavy atom. The molecule has 0 radical (unpaired) electrons. The smallest absolute Gasteiger partial charge is 0.408 e. The Balaban J connectivity index is 1.45. The van der Waals surface area contributed by atoms with Crippen LogP contribution in [0.1, 0.15) is 44.7 Å². The van der Waals surface area contributed by atoms with E-state index in [1.807, 2.05) is 37.8 Å². The lowest BCUT2D eigenvalue weighted by atomic mass is 9.80. The van der Waals surface area contributed by atoms with E-state index < -0.39 is 17.7 Å². The maximum Gasteiger partial charge on any atom is 0.408 e. The zero-order chi connectivity index (χ0) is 28.0. The number of carbonyl (C=O) groups excluding carboxylic acids is 2. The molecule has 0 spiro atoms. The molecule has 2 aliphatic rings. The second-order valence-electron chi connectivity index (χ2n) is 12.0. The fourth-order valence-electron chi connectivity index (χ4n) is 5.74. The van der Waals surface area contributed by atoms with Crippen LogP contribution in [-0.4, -0.2) is 90.2 Å². The van der Waals surface area contributed by atoms with Crippen molar-refractivity contribution in [3.8, 4) is 0 Å². The molecule has 212 valence electrons. The van der Waals surface area contributed by atoms with Gasteiger partial charge in [0.05, 0.1) is 0 Å². The van der Waals surface area contributed by atoms with Crippen molar-refractivity contribution >= 4 is 23.6 Å². The van der Waals surface area contributed by atoms with Crippen LogP contribution in [0, 0.1) is 0 Å². The van der Waals surface area contributed by atoms with Gasteiger partial charge in [-0.2, -0.15) is 0 Å². The molecule has 8 heteroatoms. The largest absolute Gasteiger partial charge is 0.444 e. The second-order valence-corrected chi connectivity index (χ2v) is 12.5. The topological polar surface area (TPSA) is 65.1 Å². The van der Waals surface area contributed by atoms with Gasteiger partial charge in [-0.15, -0.1) is 0 Å². The quantitative estimate of drug-likeness (QED) is 0.541. The summed E-state index contributed by atoms with van der Waals surface area (Å²) >= 11 is 6.07. The molecule has 0 bridgehead atoms. The highest BCUT2D eigenvalue weighted by molar-refractivity contribution is 6.30. The average molecular weight is 555 g/mol. The molecule has 1 N–H and O–H groups in total. The molecule has 2 saturated heterocycles. The van der Waals surface area contributed by atoms with Crippen molar-refractivity contribution in [3.05, 3.63) is 70.7 Å². The van der Waals surface area contributed by atoms with Gasteiger partial charge < -0.3 is 19.9 Å². The van der Waals surface area contributed by atoms with Crippen LogP contribution < -0.4 is 5.32 Å². The fourth-order valence-corrected chi connectivity index (χ4v) is 5.87. The zero-order valence-corrected chi connectivity index (χ0v) is 24.5. The predicted octanol–water partition coefficient (Wildman–Crippen LogP) is 4.63. The number of piperazine rings is 1. The molecule has 4 rings (SSSR count). The number of rotatable bonds is 7. The molecule has 0 saturated carbocycles. The molecule has 0 unspecified atom stereocenters. The molecule has 2 aromatic rings. The van der Waals surface area contributed by atoms with Crippen LogP contribution in [0.15, 0.2) is 54.6 Å². The van der Waals surface area contributed by atoms with Gasteiger partial charge in [-0.05, 0) is 83.4 Å². The van der Waals surface area contributed by atoms with Crippen molar-refractivity contribution in [1.82, 2.24) is 20.0 Å². The Bertz CT molecular complexity index is 1090. The van der Waals surface area contributed by atoms with E-state index in [0.29, 0.717) is 24.5 Å². The van der Waals surface area contributed by atoms with Crippen molar-refractivity contribution in [2.45, 2.75) is 63.6 Å². The molecule has 2 amide bonds. The first-order valence-corrected chi connectivity index (χ1v) is 14.4. The van der Waals surface area contributed by atoms with Crippen molar-refractivity contribution in [3.63, 3.8) is 0 Å². The van der Waals surface area contributed by atoms with E-state index in [0.717, 1.165) is 51.0 Å². The van der Waals surface area contributed by atoms with Gasteiger partial charge in [-0.1, -0.05) is 54.1 Å². The number of carbonyl (C=O) groups is 2. The third kappa shape index (κ3) is 8.19. The molecule has 2 fully saturated rings. The number of halogens is 1. The van der Waals surface area contributed by atoms with Crippen molar-refractivity contribution in [1.29, 1.82) is 0 Å². The molecule has 2 heterocycles. The molecule has 2 aromatic carbocycles. The number of amides is 2. The SMILES string of the molecule is CN1CCC(Cc2ccccc2)(N2CCN(C(=O)[C@@H](Cc3ccc(Cl)cc3)NC(=O)OC(C)(C)C)CC2)CC1. The Kier molecular flexibility index (Phi) is 9.57. The maximum absolute atomic E-state index is 13.8. The average Bonchev–Trinajstić information content (AvgIpc) is 2.90. The maximum atomic E-state index is 13.8. The molecular weight excluding hydrogens is 512 g/mol. The number of hydrogen-bond donors (Lipinski definition) is 1. The third-order valence-electron chi connectivity index (χ3n) is 7.90. The summed E-state index contributed by atoms with van der Waals surface area (Å²) in [6, 6.07) is 17.4. The second kappa shape index (κ2) is 12.7. The van der Waals surface area contributed by atoms with Gasteiger partial charge in [0.2, 0.25) is 5.91 Å². The van der Waals surface area contributed by atoms with Crippen LogP contribution in [0.3, 0.4) is 0 Å². The Morgan fingerprint density at radius 2 is 1.54 bits per heavy atom. The first-order valence-electron chi connectivity index (χ1n) is 14.0. The monoisotopic (exact) mass is 554 g/mol. The molecule has 0 aromatic heterocycles. The van der Waals surface area contributed by atoms with E-state index in [1.54, 1.807) is 12.1 Å². The van der Waals surface area contributed by atoms with Gasteiger partial charge in [0.25, 0.3) is 0 Å². The summed E-state index contributed by atoms with van der Waals surface area (Å²) in [6.07, 6.45) is 3.05. The van der Waals surface area contributed by atoms with Crippen LogP contribution in [-0.2, 0) is 22.4 Å². The first kappa shape index (κ1) is 29.4. The number of benzene rings is 2. The highest BCUT2D eigenvalue weighted by atomic mass is 35.5. The van der Waals surface area contributed by atoms with E-state index >= 15 is 0 Å². The summed E-state index contributed by atoms with van der Waals surface area (Å²) < 4.78 is 5.48. The standard InChI is InChI=1S/C31H43ClN4O3/c1-30(2,3)39-29(38)33-27(22-24-10-12-26(32)13-11-24)28(37)35-18-20-36(21-19-35)31(14-16-34(4)17-15-31)23-25-8-6-5-7-9-25/h5-13,27H,14-23H2,1-4H3,(H,33,38)/t27-/m1/s1. The molecule has 0 aliphatic carbocycles. The number of alkyl carbamates (subject to hydrolysis) is 1. The van der Waals surface area contributed by atoms with Crippen molar-refractivity contribution in [2.24, 2.45) is 0 Å². The van der Waals surface area contributed by atoms with Crippen LogP contribution in [0.4, 0.5) is 4.79 Å². The van der Waals surface area contributed by atoms with Gasteiger partial charge >= 0.3 is 6.09 Å². The minimum atomic E-state index is -0.714. The van der Waals surface area contributed by atoms with E-state index in [4.69, 9.17) is 16.3 Å².